The summed E-state index contributed by atoms with van der Waals surface area (Å²) < 4.78 is 0. The van der Waals surface area contributed by atoms with Crippen molar-refractivity contribution in [1.82, 2.24) is 9.97 Å². The van der Waals surface area contributed by atoms with Crippen molar-refractivity contribution in [3.05, 3.63) is 24.3 Å². The van der Waals surface area contributed by atoms with Crippen molar-refractivity contribution in [2.45, 2.75) is 25.3 Å². The lowest BCUT2D eigenvalue weighted by atomic mass is 10.1. The Bertz CT molecular complexity index is 656. The molecule has 2 N–H and O–H groups in total. The number of aliphatic hydroxyl groups is 1. The smallest absolute Gasteiger partial charge is 0.172 e. The maximum atomic E-state index is 9.35. The van der Waals surface area contributed by atoms with Crippen molar-refractivity contribution in [3.63, 3.8) is 0 Å². The van der Waals surface area contributed by atoms with Crippen LogP contribution in [-0.4, -0.2) is 40.8 Å². The number of para-hydroxylation sites is 2. The van der Waals surface area contributed by atoms with Crippen LogP contribution in [0.15, 0.2) is 24.3 Å². The summed E-state index contributed by atoms with van der Waals surface area (Å²) >= 11 is 0. The second-order valence-electron chi connectivity index (χ2n) is 6.09. The molecule has 4 rings (SSSR count). The van der Waals surface area contributed by atoms with Gasteiger partial charge in [-0.15, -0.1) is 0 Å². The van der Waals surface area contributed by atoms with E-state index in [2.05, 4.69) is 10.2 Å². The fraction of sp³-hybridized carbons (Fsp3) is 0.500. The molecule has 2 fully saturated rings. The van der Waals surface area contributed by atoms with Crippen molar-refractivity contribution >= 4 is 22.7 Å². The molecular formula is C16H20N4O. The number of aliphatic hydroxyl groups excluding tert-OH is 1. The summed E-state index contributed by atoms with van der Waals surface area (Å²) in [6, 6.07) is 8.55. The van der Waals surface area contributed by atoms with Gasteiger partial charge in [0.2, 0.25) is 0 Å². The molecule has 5 nitrogen and oxygen atoms in total. The summed E-state index contributed by atoms with van der Waals surface area (Å²) in [5.74, 6) is 2.19. The van der Waals surface area contributed by atoms with Crippen molar-refractivity contribution < 1.29 is 5.11 Å². The molecule has 21 heavy (non-hydrogen) atoms. The number of benzene rings is 1. The highest BCUT2D eigenvalue weighted by molar-refractivity contribution is 5.80. The van der Waals surface area contributed by atoms with Gasteiger partial charge in [-0.1, -0.05) is 12.1 Å². The Kier molecular flexibility index (Phi) is 3.15. The molecule has 5 heteroatoms. The number of hydrogen-bond donors (Lipinski definition) is 2. The van der Waals surface area contributed by atoms with E-state index in [1.165, 1.54) is 12.8 Å². The van der Waals surface area contributed by atoms with Gasteiger partial charge in [0.15, 0.2) is 11.6 Å². The van der Waals surface area contributed by atoms with Gasteiger partial charge in [-0.3, -0.25) is 0 Å². The number of hydrogen-bond acceptors (Lipinski definition) is 5. The highest BCUT2D eigenvalue weighted by atomic mass is 16.3. The van der Waals surface area contributed by atoms with Gasteiger partial charge in [-0.2, -0.15) is 0 Å². The van der Waals surface area contributed by atoms with E-state index in [1.54, 1.807) is 0 Å². The molecular weight excluding hydrogens is 264 g/mol. The molecule has 1 atom stereocenters. The molecule has 0 amide bonds. The minimum atomic E-state index is 0.253. The topological polar surface area (TPSA) is 61.3 Å². The molecule has 1 saturated heterocycles. The summed E-state index contributed by atoms with van der Waals surface area (Å²) in [7, 11) is 0. The Hall–Kier alpha value is -1.88. The zero-order valence-electron chi connectivity index (χ0n) is 12.0. The van der Waals surface area contributed by atoms with Gasteiger partial charge in [-0.25, -0.2) is 9.97 Å². The minimum absolute atomic E-state index is 0.253. The second kappa shape index (κ2) is 5.15. The summed E-state index contributed by atoms with van der Waals surface area (Å²) in [6.45, 7) is 2.06. The lowest BCUT2D eigenvalue weighted by Gasteiger charge is -2.21. The Morgan fingerprint density at radius 2 is 1.90 bits per heavy atom. The van der Waals surface area contributed by atoms with Gasteiger partial charge in [-0.05, 0) is 31.4 Å². The highest BCUT2D eigenvalue weighted by Crippen LogP contribution is 2.33. The highest BCUT2D eigenvalue weighted by Gasteiger charge is 2.28. The summed E-state index contributed by atoms with van der Waals surface area (Å²) in [6.07, 6.45) is 3.45. The van der Waals surface area contributed by atoms with Gasteiger partial charge in [0, 0.05) is 31.7 Å². The van der Waals surface area contributed by atoms with Crippen LogP contribution in [0.1, 0.15) is 19.3 Å². The van der Waals surface area contributed by atoms with E-state index in [9.17, 15) is 5.11 Å². The van der Waals surface area contributed by atoms with Gasteiger partial charge >= 0.3 is 0 Å². The summed E-state index contributed by atoms with van der Waals surface area (Å²) in [4.78, 5) is 11.9. The number of nitrogens with zero attached hydrogens (tertiary/aromatic N) is 3. The number of nitrogens with one attached hydrogen (secondary N) is 1. The van der Waals surface area contributed by atoms with Crippen LogP contribution in [0.25, 0.3) is 11.0 Å². The maximum absolute atomic E-state index is 9.35. The largest absolute Gasteiger partial charge is 0.396 e. The monoisotopic (exact) mass is 284 g/mol. The van der Waals surface area contributed by atoms with E-state index >= 15 is 0 Å². The van der Waals surface area contributed by atoms with E-state index in [-0.39, 0.29) is 6.61 Å². The third kappa shape index (κ3) is 2.53. The van der Waals surface area contributed by atoms with Crippen LogP contribution in [0.3, 0.4) is 0 Å². The molecule has 0 bridgehead atoms. The third-order valence-electron chi connectivity index (χ3n) is 4.31. The predicted octanol–water partition coefficient (Wildman–Crippen LogP) is 2.02. The summed E-state index contributed by atoms with van der Waals surface area (Å²) in [5.41, 5.74) is 1.86. The van der Waals surface area contributed by atoms with Gasteiger partial charge in [0.05, 0.1) is 11.0 Å². The van der Waals surface area contributed by atoms with E-state index < -0.39 is 0 Å². The molecule has 2 aromatic rings. The van der Waals surface area contributed by atoms with Crippen LogP contribution in [0.5, 0.6) is 0 Å². The van der Waals surface area contributed by atoms with Crippen LogP contribution in [0.4, 0.5) is 11.6 Å². The molecule has 1 aliphatic carbocycles. The first-order chi connectivity index (χ1) is 10.3. The van der Waals surface area contributed by atoms with Crippen LogP contribution in [0.2, 0.25) is 0 Å². The first-order valence-electron chi connectivity index (χ1n) is 7.72. The van der Waals surface area contributed by atoms with Crippen LogP contribution in [0, 0.1) is 5.92 Å². The standard InChI is InChI=1S/C16H20N4O/c21-10-11-7-8-20(9-11)16-15(17-12-5-6-12)18-13-3-1-2-4-14(13)19-16/h1-4,11-12,21H,5-10H2,(H,17,18). The van der Waals surface area contributed by atoms with E-state index in [0.29, 0.717) is 12.0 Å². The maximum Gasteiger partial charge on any atom is 0.172 e. The molecule has 1 aliphatic heterocycles. The lowest BCUT2D eigenvalue weighted by molar-refractivity contribution is 0.238. The molecule has 1 aromatic carbocycles. The number of rotatable bonds is 4. The zero-order chi connectivity index (χ0) is 14.2. The van der Waals surface area contributed by atoms with Gasteiger partial charge in [0.1, 0.15) is 0 Å². The normalized spacial score (nSPS) is 22.0. The number of anilines is 2. The van der Waals surface area contributed by atoms with Crippen molar-refractivity contribution in [1.29, 1.82) is 0 Å². The van der Waals surface area contributed by atoms with Gasteiger partial charge in [0.25, 0.3) is 0 Å². The van der Waals surface area contributed by atoms with Crippen molar-refractivity contribution in [2.75, 3.05) is 29.9 Å². The van der Waals surface area contributed by atoms with Crippen molar-refractivity contribution in [3.8, 4) is 0 Å². The van der Waals surface area contributed by atoms with E-state index in [0.717, 1.165) is 42.2 Å². The molecule has 1 aromatic heterocycles. The van der Waals surface area contributed by atoms with Gasteiger partial charge < -0.3 is 15.3 Å². The fourth-order valence-electron chi connectivity index (χ4n) is 2.90. The molecule has 110 valence electrons. The number of aromatic nitrogens is 2. The van der Waals surface area contributed by atoms with Crippen molar-refractivity contribution in [2.24, 2.45) is 5.92 Å². The first kappa shape index (κ1) is 12.8. The average molecular weight is 284 g/mol. The average Bonchev–Trinajstić information content (AvgIpc) is 3.20. The molecule has 0 radical (unpaired) electrons. The van der Waals surface area contributed by atoms with Crippen LogP contribution < -0.4 is 10.2 Å². The third-order valence-corrected chi connectivity index (χ3v) is 4.31. The Morgan fingerprint density at radius 1 is 1.14 bits per heavy atom. The zero-order valence-corrected chi connectivity index (χ0v) is 12.0. The molecule has 1 unspecified atom stereocenters. The Balaban J connectivity index is 1.73. The lowest BCUT2D eigenvalue weighted by Crippen LogP contribution is -2.24. The molecule has 2 aliphatic rings. The van der Waals surface area contributed by atoms with Crippen LogP contribution >= 0.6 is 0 Å². The quantitative estimate of drug-likeness (QED) is 0.899. The molecule has 1 saturated carbocycles. The Morgan fingerprint density at radius 3 is 2.57 bits per heavy atom. The first-order valence-corrected chi connectivity index (χ1v) is 7.72. The van der Waals surface area contributed by atoms with E-state index in [4.69, 9.17) is 9.97 Å². The molecule has 2 heterocycles. The minimum Gasteiger partial charge on any atom is -0.396 e. The second-order valence-corrected chi connectivity index (χ2v) is 6.09. The Labute approximate surface area is 124 Å². The molecule has 0 spiro atoms. The van der Waals surface area contributed by atoms with E-state index in [1.807, 2.05) is 24.3 Å². The SMILES string of the molecule is OCC1CCN(c2nc3ccccc3nc2NC2CC2)C1. The fourth-order valence-corrected chi connectivity index (χ4v) is 2.90. The number of fused-ring (bicyclic) bond motifs is 1. The predicted molar refractivity (Wildman–Crippen MR) is 83.6 cm³/mol. The summed E-state index contributed by atoms with van der Waals surface area (Å²) in [5, 5.41) is 12.9. The van der Waals surface area contributed by atoms with Crippen LogP contribution in [-0.2, 0) is 0 Å².